The summed E-state index contributed by atoms with van der Waals surface area (Å²) in [5.74, 6) is 1.38. The van der Waals surface area contributed by atoms with Crippen LogP contribution in [0.2, 0.25) is 5.02 Å². The van der Waals surface area contributed by atoms with Crippen molar-refractivity contribution >= 4 is 46.7 Å². The van der Waals surface area contributed by atoms with Gasteiger partial charge in [0.15, 0.2) is 5.75 Å². The number of halogens is 2. The molecule has 0 heterocycles. The van der Waals surface area contributed by atoms with Crippen molar-refractivity contribution in [1.82, 2.24) is 16.2 Å². The van der Waals surface area contributed by atoms with Crippen LogP contribution in [0.3, 0.4) is 0 Å². The van der Waals surface area contributed by atoms with E-state index in [1.807, 2.05) is 39.0 Å². The molecule has 47 heavy (non-hydrogen) atoms. The maximum Gasteiger partial charge on any atom is 0.155 e. The maximum atomic E-state index is 10.6. The van der Waals surface area contributed by atoms with Gasteiger partial charge in [0.25, 0.3) is 0 Å². The number of hydrazine groups is 1. The van der Waals surface area contributed by atoms with Gasteiger partial charge in [-0.25, -0.2) is 10.4 Å². The van der Waals surface area contributed by atoms with Gasteiger partial charge < -0.3 is 25.0 Å². The van der Waals surface area contributed by atoms with Gasteiger partial charge in [0.1, 0.15) is 31.4 Å². The Hall–Kier alpha value is -3.87. The topological polar surface area (TPSA) is 108 Å². The van der Waals surface area contributed by atoms with E-state index in [2.05, 4.69) is 85.5 Å². The van der Waals surface area contributed by atoms with Gasteiger partial charge in [-0.3, -0.25) is 0 Å². The number of hydrogen-bond acceptors (Lipinski definition) is 7. The molecule has 3 aromatic rings. The van der Waals surface area contributed by atoms with E-state index in [9.17, 15) is 10.1 Å². The molecule has 252 valence electrons. The van der Waals surface area contributed by atoms with Gasteiger partial charge in [-0.15, -0.1) is 11.6 Å². The van der Waals surface area contributed by atoms with E-state index in [1.54, 1.807) is 7.05 Å². The van der Waals surface area contributed by atoms with Crippen molar-refractivity contribution in [3.8, 4) is 22.9 Å². The number of carbonyl (C=O) groups is 1. The highest BCUT2D eigenvalue weighted by Crippen LogP contribution is 2.39. The van der Waals surface area contributed by atoms with Gasteiger partial charge in [0, 0.05) is 30.3 Å². The van der Waals surface area contributed by atoms with Crippen LogP contribution in [0.4, 0.5) is 5.69 Å². The first-order valence-electron chi connectivity index (χ1n) is 15.8. The molecule has 3 rings (SSSR count). The smallest absolute Gasteiger partial charge is 0.155 e. The summed E-state index contributed by atoms with van der Waals surface area (Å²) in [7, 11) is 1.79. The first-order chi connectivity index (χ1) is 22.7. The van der Waals surface area contributed by atoms with Gasteiger partial charge >= 0.3 is 0 Å². The highest BCUT2D eigenvalue weighted by Gasteiger charge is 2.26. The minimum atomic E-state index is -0.437. The van der Waals surface area contributed by atoms with Crippen molar-refractivity contribution in [2.24, 2.45) is 4.99 Å². The van der Waals surface area contributed by atoms with Gasteiger partial charge in [0.05, 0.1) is 28.8 Å². The van der Waals surface area contributed by atoms with Crippen LogP contribution >= 0.6 is 23.2 Å². The molecule has 3 N–H and O–H groups in total. The van der Waals surface area contributed by atoms with Crippen LogP contribution in [0.1, 0.15) is 70.2 Å². The number of aliphatic imine (C=N–C) groups is 1. The number of allylic oxidation sites excluding steroid dienone is 1. The van der Waals surface area contributed by atoms with E-state index >= 15 is 0 Å². The van der Waals surface area contributed by atoms with E-state index in [0.717, 1.165) is 57.7 Å². The molecule has 0 amide bonds. The molecule has 0 bridgehead atoms. The third-order valence-corrected chi connectivity index (χ3v) is 7.62. The minimum absolute atomic E-state index is 0.0715. The number of hydrogen-bond donors (Lipinski definition) is 3. The van der Waals surface area contributed by atoms with Crippen molar-refractivity contribution < 1.29 is 14.3 Å². The van der Waals surface area contributed by atoms with Crippen molar-refractivity contribution in [2.45, 2.75) is 53.4 Å². The Bertz CT molecular complexity index is 1550. The van der Waals surface area contributed by atoms with Crippen LogP contribution in [0.25, 0.3) is 16.8 Å². The summed E-state index contributed by atoms with van der Waals surface area (Å²) in [6.45, 7) is 13.5. The zero-order valence-corrected chi connectivity index (χ0v) is 30.0. The van der Waals surface area contributed by atoms with Crippen molar-refractivity contribution in [1.29, 1.82) is 5.26 Å². The van der Waals surface area contributed by atoms with Crippen molar-refractivity contribution in [3.63, 3.8) is 0 Å². The van der Waals surface area contributed by atoms with Crippen LogP contribution in [-0.4, -0.2) is 51.4 Å². The lowest BCUT2D eigenvalue weighted by Crippen LogP contribution is -2.32. The average molecular weight is 681 g/mol. The number of alkyl halides is 1. The van der Waals surface area contributed by atoms with Gasteiger partial charge in [-0.1, -0.05) is 82.6 Å². The van der Waals surface area contributed by atoms with E-state index < -0.39 is 5.41 Å². The first-order valence-corrected chi connectivity index (χ1v) is 16.7. The molecular formula is C37H47Cl2N5O3. The second-order valence-electron chi connectivity index (χ2n) is 10.7. The highest BCUT2D eigenvalue weighted by molar-refractivity contribution is 6.32. The molecule has 0 unspecified atom stereocenters. The second-order valence-corrected chi connectivity index (χ2v) is 11.5. The Morgan fingerprint density at radius 3 is 2.36 bits per heavy atom. The number of carbonyl (C=O) groups excluding carboxylic acids is 1. The molecule has 0 fully saturated rings. The number of amidine groups is 1. The van der Waals surface area contributed by atoms with E-state index in [4.69, 9.17) is 37.7 Å². The van der Waals surface area contributed by atoms with Gasteiger partial charge in [-0.2, -0.15) is 5.26 Å². The summed E-state index contributed by atoms with van der Waals surface area (Å²) >= 11 is 12.3. The summed E-state index contributed by atoms with van der Waals surface area (Å²) in [6, 6.07) is 20.5. The monoisotopic (exact) mass is 679 g/mol. The summed E-state index contributed by atoms with van der Waals surface area (Å²) in [6.07, 6.45) is 3.69. The van der Waals surface area contributed by atoms with E-state index in [1.165, 1.54) is 0 Å². The number of nitrogens with zero attached hydrogens (tertiary/aromatic N) is 2. The Morgan fingerprint density at radius 1 is 1.04 bits per heavy atom. The van der Waals surface area contributed by atoms with Crippen molar-refractivity contribution in [2.75, 3.05) is 39.3 Å². The van der Waals surface area contributed by atoms with Crippen LogP contribution in [0.15, 0.2) is 65.7 Å². The summed E-state index contributed by atoms with van der Waals surface area (Å²) in [4.78, 5) is 15.4. The second kappa shape index (κ2) is 20.4. The largest absolute Gasteiger partial charge is 0.489 e. The Balaban J connectivity index is 0.00000376. The zero-order chi connectivity index (χ0) is 34.8. The SMILES string of the molecule is CC.CC/C=C(\NCCOCC=O)c1cc(-c2ccc(C(C)(C)c3cc(Cl)c(OCCCl)c(C#N)c3)cc2)ccc1N=C(C)NNC. The molecule has 0 aliphatic rings. The molecule has 0 aliphatic heterocycles. The molecule has 0 saturated carbocycles. The zero-order valence-electron chi connectivity index (χ0n) is 28.5. The van der Waals surface area contributed by atoms with Crippen LogP contribution in [0, 0.1) is 11.3 Å². The van der Waals surface area contributed by atoms with Crippen LogP contribution < -0.4 is 20.9 Å². The van der Waals surface area contributed by atoms with E-state index in [0.29, 0.717) is 35.4 Å². The fourth-order valence-electron chi connectivity index (χ4n) is 4.86. The molecule has 0 spiro atoms. The van der Waals surface area contributed by atoms with Gasteiger partial charge in [0.2, 0.25) is 0 Å². The maximum absolute atomic E-state index is 10.6. The molecule has 0 atom stereocenters. The molecule has 10 heteroatoms. The third kappa shape index (κ3) is 11.1. The molecule has 0 aromatic heterocycles. The fourth-order valence-corrected chi connectivity index (χ4v) is 5.21. The first kappa shape index (κ1) is 39.3. The molecule has 0 radical (unpaired) electrons. The molecule has 0 saturated heterocycles. The van der Waals surface area contributed by atoms with Crippen LogP contribution in [-0.2, 0) is 14.9 Å². The number of rotatable bonds is 16. The number of nitrogens with one attached hydrogen (secondary N) is 3. The van der Waals surface area contributed by atoms with Crippen molar-refractivity contribution in [3.05, 3.63) is 87.9 Å². The molecular weight excluding hydrogens is 633 g/mol. The Morgan fingerprint density at radius 2 is 1.74 bits per heavy atom. The van der Waals surface area contributed by atoms with Gasteiger partial charge in [-0.05, 0) is 59.9 Å². The standard InChI is InChI=1S/C35H41Cl2N5O3.C2H6/c1-6-7-32(40-15-18-44-19-16-43)30-21-26(10-13-33(30)41-24(2)42-39-5)25-8-11-28(12-9-25)35(3,4)29-20-27(23-38)34(31(37)22-29)45-17-14-36;1-2/h7-13,16,20-22,39-40H,6,14-15,17-19H2,1-5H3,(H,41,42);1-2H3/b32-7-;. The fraction of sp³-hybridized carbons (Fsp3) is 0.378. The quantitative estimate of drug-likeness (QED) is 0.0350. The number of aldehydes is 1. The minimum Gasteiger partial charge on any atom is -0.489 e. The number of ether oxygens (including phenoxy) is 2. The Labute approximate surface area is 290 Å². The number of nitriles is 1. The lowest BCUT2D eigenvalue weighted by molar-refractivity contribution is -0.111. The normalized spacial score (nSPS) is 11.7. The van der Waals surface area contributed by atoms with Crippen LogP contribution in [0.5, 0.6) is 5.75 Å². The number of benzene rings is 3. The summed E-state index contributed by atoms with van der Waals surface area (Å²) < 4.78 is 11.0. The van der Waals surface area contributed by atoms with E-state index in [-0.39, 0.29) is 13.2 Å². The molecule has 8 nitrogen and oxygen atoms in total. The lowest BCUT2D eigenvalue weighted by atomic mass is 9.77. The molecule has 0 aliphatic carbocycles. The molecule has 3 aromatic carbocycles. The predicted molar refractivity (Wildman–Crippen MR) is 196 cm³/mol. The third-order valence-electron chi connectivity index (χ3n) is 7.19. The summed E-state index contributed by atoms with van der Waals surface area (Å²) in [5, 5.41) is 13.6. The highest BCUT2D eigenvalue weighted by atomic mass is 35.5. The summed E-state index contributed by atoms with van der Waals surface area (Å²) in [5.41, 5.74) is 12.6. The predicted octanol–water partition coefficient (Wildman–Crippen LogP) is 8.18. The average Bonchev–Trinajstić information content (AvgIpc) is 3.08. The lowest BCUT2D eigenvalue weighted by Gasteiger charge is -2.27. The Kier molecular flexibility index (Phi) is 17.0.